The first-order chi connectivity index (χ1) is 18.3. The Balaban J connectivity index is 1.49. The molecule has 2 aromatic heterocycles. The van der Waals surface area contributed by atoms with Crippen LogP contribution in [-0.4, -0.2) is 35.0 Å². The van der Waals surface area contributed by atoms with Gasteiger partial charge in [-0.1, -0.05) is 42.5 Å². The number of para-hydroxylation sites is 1. The second-order valence-corrected chi connectivity index (χ2v) is 9.22. The van der Waals surface area contributed by atoms with E-state index in [4.69, 9.17) is 4.98 Å². The standard InChI is InChI=1S/C31H24N6/c1-35-21-36(20-34-35)23-14-15-27-30(19-23)37(24-9-6-8-22(18-24)28-12-4-5-16-32-28)29-13-3-2-10-25(29)26-11-7-17-33-31(26)27/h2-20H,21H2,1H3. The molecular formula is C31H24N6. The smallest absolute Gasteiger partial charge is 0.117 e. The van der Waals surface area contributed by atoms with Gasteiger partial charge in [0.2, 0.25) is 0 Å². The van der Waals surface area contributed by atoms with Gasteiger partial charge in [-0.2, -0.15) is 5.10 Å². The van der Waals surface area contributed by atoms with Gasteiger partial charge in [-0.3, -0.25) is 15.0 Å². The SMILES string of the molecule is CN1CN(c2ccc3c(c2)N(c2cccc(-c4ccccn4)c2)c2ccccc2-c2cccnc2-3)C=N1. The van der Waals surface area contributed by atoms with Gasteiger partial charge in [-0.05, 0) is 54.6 Å². The average molecular weight is 481 g/mol. The molecule has 3 aromatic carbocycles. The molecule has 0 N–H and O–H groups in total. The third kappa shape index (κ3) is 3.62. The number of hydrogen-bond acceptors (Lipinski definition) is 6. The monoisotopic (exact) mass is 480 g/mol. The summed E-state index contributed by atoms with van der Waals surface area (Å²) < 4.78 is 0. The predicted molar refractivity (Wildman–Crippen MR) is 150 cm³/mol. The van der Waals surface area contributed by atoms with E-state index in [0.717, 1.165) is 56.4 Å². The van der Waals surface area contributed by atoms with Crippen LogP contribution in [0.2, 0.25) is 0 Å². The van der Waals surface area contributed by atoms with Gasteiger partial charge in [-0.25, -0.2) is 0 Å². The Labute approximate surface area is 215 Å². The Kier molecular flexibility index (Phi) is 4.96. The summed E-state index contributed by atoms with van der Waals surface area (Å²) in [5.74, 6) is 0. The second-order valence-electron chi connectivity index (χ2n) is 9.22. The minimum absolute atomic E-state index is 0.708. The molecule has 0 saturated carbocycles. The second kappa shape index (κ2) is 8.60. The van der Waals surface area contributed by atoms with Crippen LogP contribution in [0.1, 0.15) is 0 Å². The van der Waals surface area contributed by atoms with E-state index in [1.165, 1.54) is 0 Å². The fourth-order valence-corrected chi connectivity index (χ4v) is 5.16. The fourth-order valence-electron chi connectivity index (χ4n) is 5.16. The molecule has 6 heteroatoms. The number of hydrazone groups is 1. The van der Waals surface area contributed by atoms with E-state index in [2.05, 4.69) is 92.7 Å². The average Bonchev–Trinajstić information content (AvgIpc) is 3.35. The van der Waals surface area contributed by atoms with Gasteiger partial charge in [0.1, 0.15) is 13.0 Å². The number of aromatic nitrogens is 2. The van der Waals surface area contributed by atoms with Gasteiger partial charge in [-0.15, -0.1) is 0 Å². The zero-order chi connectivity index (χ0) is 24.8. The first-order valence-corrected chi connectivity index (χ1v) is 12.3. The van der Waals surface area contributed by atoms with Gasteiger partial charge >= 0.3 is 0 Å². The van der Waals surface area contributed by atoms with E-state index >= 15 is 0 Å². The molecular weight excluding hydrogens is 456 g/mol. The Morgan fingerprint density at radius 2 is 1.51 bits per heavy atom. The molecule has 4 heterocycles. The minimum atomic E-state index is 0.708. The molecule has 6 nitrogen and oxygen atoms in total. The Morgan fingerprint density at radius 1 is 0.649 bits per heavy atom. The lowest BCUT2D eigenvalue weighted by Crippen LogP contribution is -2.24. The largest absolute Gasteiger partial charge is 0.311 e. The number of pyridine rings is 2. The molecule has 0 spiro atoms. The van der Waals surface area contributed by atoms with Crippen LogP contribution in [0.3, 0.4) is 0 Å². The van der Waals surface area contributed by atoms with Crippen LogP contribution in [0.15, 0.2) is 115 Å². The normalized spacial score (nSPS) is 13.7. The first kappa shape index (κ1) is 21.3. The maximum absolute atomic E-state index is 4.87. The first-order valence-electron chi connectivity index (χ1n) is 12.3. The van der Waals surface area contributed by atoms with Crippen molar-refractivity contribution in [2.45, 2.75) is 0 Å². The minimum Gasteiger partial charge on any atom is -0.311 e. The number of rotatable bonds is 3. The summed E-state index contributed by atoms with van der Waals surface area (Å²) in [6.07, 6.45) is 5.59. The van der Waals surface area contributed by atoms with E-state index in [9.17, 15) is 0 Å². The van der Waals surface area contributed by atoms with Crippen molar-refractivity contribution in [2.24, 2.45) is 5.10 Å². The zero-order valence-electron chi connectivity index (χ0n) is 20.4. The molecule has 2 aliphatic heterocycles. The zero-order valence-corrected chi connectivity index (χ0v) is 20.4. The summed E-state index contributed by atoms with van der Waals surface area (Å²) >= 11 is 0. The number of benzene rings is 3. The van der Waals surface area contributed by atoms with Crippen LogP contribution in [0.5, 0.6) is 0 Å². The van der Waals surface area contributed by atoms with Gasteiger partial charge in [0.15, 0.2) is 0 Å². The van der Waals surface area contributed by atoms with Crippen molar-refractivity contribution in [3.05, 3.63) is 109 Å². The molecule has 7 rings (SSSR count). The van der Waals surface area contributed by atoms with Crippen LogP contribution >= 0.6 is 0 Å². The summed E-state index contributed by atoms with van der Waals surface area (Å²) in [5.41, 5.74) is 10.7. The molecule has 0 saturated heterocycles. The van der Waals surface area contributed by atoms with E-state index < -0.39 is 0 Å². The maximum Gasteiger partial charge on any atom is 0.117 e. The molecule has 2 aliphatic rings. The number of anilines is 4. The van der Waals surface area contributed by atoms with Gasteiger partial charge < -0.3 is 9.80 Å². The lowest BCUT2D eigenvalue weighted by atomic mass is 9.99. The van der Waals surface area contributed by atoms with Crippen LogP contribution in [0.4, 0.5) is 22.7 Å². The van der Waals surface area contributed by atoms with Crippen molar-refractivity contribution >= 4 is 29.1 Å². The van der Waals surface area contributed by atoms with Crippen LogP contribution in [-0.2, 0) is 0 Å². The Bertz CT molecular complexity index is 1650. The Morgan fingerprint density at radius 3 is 2.38 bits per heavy atom. The van der Waals surface area contributed by atoms with Crippen LogP contribution in [0.25, 0.3) is 33.6 Å². The number of nitrogens with zero attached hydrogens (tertiary/aromatic N) is 6. The topological polar surface area (TPSA) is 47.9 Å². The van der Waals surface area contributed by atoms with Crippen molar-refractivity contribution in [3.63, 3.8) is 0 Å². The van der Waals surface area contributed by atoms with Crippen LogP contribution in [0, 0.1) is 0 Å². The van der Waals surface area contributed by atoms with E-state index in [1.54, 1.807) is 0 Å². The summed E-state index contributed by atoms with van der Waals surface area (Å²) in [5, 5.41) is 6.34. The van der Waals surface area contributed by atoms with Gasteiger partial charge in [0.25, 0.3) is 0 Å². The van der Waals surface area contributed by atoms with Gasteiger partial charge in [0, 0.05) is 53.1 Å². The van der Waals surface area contributed by atoms with E-state index in [0.29, 0.717) is 6.67 Å². The summed E-state index contributed by atoms with van der Waals surface area (Å²) in [6, 6.07) is 33.9. The molecule has 5 aromatic rings. The third-order valence-corrected chi connectivity index (χ3v) is 6.86. The molecule has 0 aliphatic carbocycles. The van der Waals surface area contributed by atoms with Crippen molar-refractivity contribution in [3.8, 4) is 33.6 Å². The molecule has 37 heavy (non-hydrogen) atoms. The molecule has 0 amide bonds. The van der Waals surface area contributed by atoms with Gasteiger partial charge in [0.05, 0.1) is 22.8 Å². The Hall–Kier alpha value is -4.97. The quantitative estimate of drug-likeness (QED) is 0.275. The number of fused-ring (bicyclic) bond motifs is 5. The third-order valence-electron chi connectivity index (χ3n) is 6.86. The molecule has 0 atom stereocenters. The van der Waals surface area contributed by atoms with Crippen molar-refractivity contribution in [1.82, 2.24) is 15.0 Å². The summed E-state index contributed by atoms with van der Waals surface area (Å²) in [4.78, 5) is 14.0. The predicted octanol–water partition coefficient (Wildman–Crippen LogP) is 6.91. The fraction of sp³-hybridized carbons (Fsp3) is 0.0645. The highest BCUT2D eigenvalue weighted by Crippen LogP contribution is 2.51. The summed E-state index contributed by atoms with van der Waals surface area (Å²) in [6.45, 7) is 0.708. The van der Waals surface area contributed by atoms with Crippen molar-refractivity contribution in [2.75, 3.05) is 23.5 Å². The van der Waals surface area contributed by atoms with E-state index in [1.807, 2.05) is 55.1 Å². The van der Waals surface area contributed by atoms with E-state index in [-0.39, 0.29) is 0 Å². The molecule has 0 bridgehead atoms. The highest BCUT2D eigenvalue weighted by Gasteiger charge is 2.28. The lowest BCUT2D eigenvalue weighted by molar-refractivity contribution is 0.393. The van der Waals surface area contributed by atoms with Crippen molar-refractivity contribution < 1.29 is 0 Å². The van der Waals surface area contributed by atoms with Crippen LogP contribution < -0.4 is 9.80 Å². The highest BCUT2D eigenvalue weighted by atomic mass is 15.6. The molecule has 178 valence electrons. The highest BCUT2D eigenvalue weighted by molar-refractivity contribution is 6.02. The maximum atomic E-state index is 4.87. The molecule has 0 fully saturated rings. The van der Waals surface area contributed by atoms with Crippen molar-refractivity contribution in [1.29, 1.82) is 0 Å². The molecule has 0 unspecified atom stereocenters. The lowest BCUT2D eigenvalue weighted by Gasteiger charge is -2.28. The summed E-state index contributed by atoms with van der Waals surface area (Å²) in [7, 11) is 1.98. The number of hydrogen-bond donors (Lipinski definition) is 0. The molecule has 0 radical (unpaired) electrons.